The average molecular weight is 228 g/mol. The molecule has 1 atom stereocenters. The van der Waals surface area contributed by atoms with Gasteiger partial charge in [0.2, 0.25) is 0 Å². The van der Waals surface area contributed by atoms with E-state index in [1.54, 1.807) is 0 Å². The molecule has 2 nitrogen and oxygen atoms in total. The van der Waals surface area contributed by atoms with Gasteiger partial charge in [-0.05, 0) is 25.5 Å². The maximum atomic E-state index is 9.36. The summed E-state index contributed by atoms with van der Waals surface area (Å²) in [5.74, 6) is 0. The summed E-state index contributed by atoms with van der Waals surface area (Å²) in [7, 11) is 0. The van der Waals surface area contributed by atoms with Gasteiger partial charge in [-0.3, -0.25) is 0 Å². The van der Waals surface area contributed by atoms with Gasteiger partial charge in [-0.15, -0.1) is 0 Å². The Hall–Kier alpha value is -0.730. The van der Waals surface area contributed by atoms with Gasteiger partial charge in [-0.1, -0.05) is 37.1 Å². The van der Waals surface area contributed by atoms with Gasteiger partial charge < -0.3 is 10.4 Å². The van der Waals surface area contributed by atoms with Crippen molar-refractivity contribution in [2.75, 3.05) is 11.9 Å². The molecule has 84 valence electrons. The van der Waals surface area contributed by atoms with Crippen molar-refractivity contribution in [2.45, 2.75) is 32.2 Å². The van der Waals surface area contributed by atoms with Gasteiger partial charge in [0.25, 0.3) is 0 Å². The number of para-hydroxylation sites is 1. The van der Waals surface area contributed by atoms with Crippen LogP contribution in [0.1, 0.15) is 26.7 Å². The molecular weight excluding hydrogens is 210 g/mol. The zero-order chi connectivity index (χ0) is 11.3. The summed E-state index contributed by atoms with van der Waals surface area (Å²) in [5, 5.41) is 13.3. The highest BCUT2D eigenvalue weighted by molar-refractivity contribution is 6.33. The SMILES string of the molecule is CCCC(C)(CO)Nc1ccccc1Cl. The summed E-state index contributed by atoms with van der Waals surface area (Å²) in [6.07, 6.45) is 1.93. The number of rotatable bonds is 5. The molecule has 3 heteroatoms. The van der Waals surface area contributed by atoms with Crippen LogP contribution in [0, 0.1) is 0 Å². The van der Waals surface area contributed by atoms with Crippen molar-refractivity contribution >= 4 is 17.3 Å². The molecule has 0 radical (unpaired) electrons. The van der Waals surface area contributed by atoms with Crippen molar-refractivity contribution in [3.8, 4) is 0 Å². The maximum Gasteiger partial charge on any atom is 0.0658 e. The molecule has 0 saturated heterocycles. The monoisotopic (exact) mass is 227 g/mol. The van der Waals surface area contributed by atoms with Crippen LogP contribution >= 0.6 is 11.6 Å². The number of aliphatic hydroxyl groups excluding tert-OH is 1. The van der Waals surface area contributed by atoms with Crippen LogP contribution in [0.2, 0.25) is 5.02 Å². The number of anilines is 1. The van der Waals surface area contributed by atoms with Crippen LogP contribution in [-0.2, 0) is 0 Å². The van der Waals surface area contributed by atoms with Gasteiger partial charge in [0, 0.05) is 0 Å². The topological polar surface area (TPSA) is 32.3 Å². The van der Waals surface area contributed by atoms with Crippen LogP contribution in [0.4, 0.5) is 5.69 Å². The van der Waals surface area contributed by atoms with Crippen molar-refractivity contribution in [3.63, 3.8) is 0 Å². The molecular formula is C12H18ClNO. The Morgan fingerprint density at radius 2 is 2.07 bits per heavy atom. The molecule has 0 bridgehead atoms. The minimum absolute atomic E-state index is 0.103. The summed E-state index contributed by atoms with van der Waals surface area (Å²) in [6.45, 7) is 4.20. The average Bonchev–Trinajstić information content (AvgIpc) is 2.22. The van der Waals surface area contributed by atoms with Crippen LogP contribution in [0.3, 0.4) is 0 Å². The van der Waals surface area contributed by atoms with Crippen LogP contribution in [0.5, 0.6) is 0 Å². The Balaban J connectivity index is 2.79. The fraction of sp³-hybridized carbons (Fsp3) is 0.500. The van der Waals surface area contributed by atoms with E-state index in [2.05, 4.69) is 12.2 Å². The van der Waals surface area contributed by atoms with Crippen molar-refractivity contribution in [3.05, 3.63) is 29.3 Å². The highest BCUT2D eigenvalue weighted by Gasteiger charge is 2.22. The van der Waals surface area contributed by atoms with Crippen molar-refractivity contribution in [1.82, 2.24) is 0 Å². The van der Waals surface area contributed by atoms with Crippen LogP contribution in [0.25, 0.3) is 0 Å². The van der Waals surface area contributed by atoms with Gasteiger partial charge in [-0.25, -0.2) is 0 Å². The van der Waals surface area contributed by atoms with E-state index >= 15 is 0 Å². The van der Waals surface area contributed by atoms with E-state index in [0.717, 1.165) is 18.5 Å². The van der Waals surface area contributed by atoms with E-state index in [1.807, 2.05) is 31.2 Å². The fourth-order valence-corrected chi connectivity index (χ4v) is 1.80. The van der Waals surface area contributed by atoms with E-state index < -0.39 is 0 Å². The lowest BCUT2D eigenvalue weighted by atomic mass is 9.97. The highest BCUT2D eigenvalue weighted by Crippen LogP contribution is 2.26. The first-order valence-corrected chi connectivity index (χ1v) is 5.62. The van der Waals surface area contributed by atoms with E-state index in [4.69, 9.17) is 11.6 Å². The molecule has 0 aliphatic carbocycles. The van der Waals surface area contributed by atoms with E-state index in [-0.39, 0.29) is 12.1 Å². The zero-order valence-electron chi connectivity index (χ0n) is 9.26. The van der Waals surface area contributed by atoms with Gasteiger partial charge in [0.15, 0.2) is 0 Å². The number of nitrogens with one attached hydrogen (secondary N) is 1. The molecule has 1 rings (SSSR count). The summed E-state index contributed by atoms with van der Waals surface area (Å²) in [5.41, 5.74) is 0.587. The molecule has 0 heterocycles. The van der Waals surface area contributed by atoms with E-state index in [1.165, 1.54) is 0 Å². The molecule has 2 N–H and O–H groups in total. The van der Waals surface area contributed by atoms with Crippen LogP contribution < -0.4 is 5.32 Å². The number of hydrogen-bond donors (Lipinski definition) is 2. The van der Waals surface area contributed by atoms with Crippen molar-refractivity contribution in [1.29, 1.82) is 0 Å². The molecule has 0 aliphatic heterocycles. The standard InChI is InChI=1S/C12H18ClNO/c1-3-8-12(2,9-15)14-11-7-5-4-6-10(11)13/h4-7,14-15H,3,8-9H2,1-2H3. The van der Waals surface area contributed by atoms with Crippen LogP contribution in [-0.4, -0.2) is 17.3 Å². The number of benzene rings is 1. The smallest absolute Gasteiger partial charge is 0.0658 e. The first-order chi connectivity index (χ1) is 7.11. The number of halogens is 1. The summed E-state index contributed by atoms with van der Waals surface area (Å²) < 4.78 is 0. The summed E-state index contributed by atoms with van der Waals surface area (Å²) >= 11 is 6.04. The maximum absolute atomic E-state index is 9.36. The molecule has 0 fully saturated rings. The van der Waals surface area contributed by atoms with Gasteiger partial charge in [0.05, 0.1) is 22.9 Å². The zero-order valence-corrected chi connectivity index (χ0v) is 10.0. The van der Waals surface area contributed by atoms with Gasteiger partial charge >= 0.3 is 0 Å². The Morgan fingerprint density at radius 3 is 2.60 bits per heavy atom. The molecule has 15 heavy (non-hydrogen) atoms. The van der Waals surface area contributed by atoms with Crippen LogP contribution in [0.15, 0.2) is 24.3 Å². The fourth-order valence-electron chi connectivity index (χ4n) is 1.62. The summed E-state index contributed by atoms with van der Waals surface area (Å²) in [4.78, 5) is 0. The molecule has 0 spiro atoms. The molecule has 1 aromatic carbocycles. The lowest BCUT2D eigenvalue weighted by Crippen LogP contribution is -2.38. The first kappa shape index (κ1) is 12.3. The number of hydrogen-bond acceptors (Lipinski definition) is 2. The quantitative estimate of drug-likeness (QED) is 0.809. The van der Waals surface area contributed by atoms with Crippen molar-refractivity contribution < 1.29 is 5.11 Å². The largest absolute Gasteiger partial charge is 0.394 e. The minimum Gasteiger partial charge on any atom is -0.394 e. The van der Waals surface area contributed by atoms with Gasteiger partial charge in [0.1, 0.15) is 0 Å². The Morgan fingerprint density at radius 1 is 1.40 bits per heavy atom. The molecule has 0 aromatic heterocycles. The molecule has 1 aromatic rings. The Bertz CT molecular complexity index is 316. The first-order valence-electron chi connectivity index (χ1n) is 5.25. The Labute approximate surface area is 96.3 Å². The highest BCUT2D eigenvalue weighted by atomic mass is 35.5. The van der Waals surface area contributed by atoms with Crippen molar-refractivity contribution in [2.24, 2.45) is 0 Å². The second-order valence-electron chi connectivity index (χ2n) is 4.07. The third kappa shape index (κ3) is 3.40. The summed E-state index contributed by atoms with van der Waals surface area (Å²) in [6, 6.07) is 7.58. The van der Waals surface area contributed by atoms with E-state index in [9.17, 15) is 5.11 Å². The Kier molecular flexibility index (Phi) is 4.43. The van der Waals surface area contributed by atoms with Gasteiger partial charge in [-0.2, -0.15) is 0 Å². The predicted molar refractivity (Wildman–Crippen MR) is 65.5 cm³/mol. The molecule has 0 saturated carbocycles. The molecule has 0 aliphatic rings. The molecule has 1 unspecified atom stereocenters. The normalized spacial score (nSPS) is 14.7. The number of aliphatic hydroxyl groups is 1. The second-order valence-corrected chi connectivity index (χ2v) is 4.48. The molecule has 0 amide bonds. The third-order valence-corrected chi connectivity index (χ3v) is 2.79. The lowest BCUT2D eigenvalue weighted by Gasteiger charge is -2.30. The lowest BCUT2D eigenvalue weighted by molar-refractivity contribution is 0.214. The minimum atomic E-state index is -0.292. The predicted octanol–water partition coefficient (Wildman–Crippen LogP) is 3.30. The van der Waals surface area contributed by atoms with E-state index in [0.29, 0.717) is 5.02 Å². The second kappa shape index (κ2) is 5.38. The third-order valence-electron chi connectivity index (χ3n) is 2.46.